The van der Waals surface area contributed by atoms with E-state index in [1.54, 1.807) is 6.20 Å². The summed E-state index contributed by atoms with van der Waals surface area (Å²) in [6.07, 6.45) is 3.78. The Balaban J connectivity index is 2.13. The second kappa shape index (κ2) is 5.69. The Morgan fingerprint density at radius 3 is 2.56 bits per heavy atom. The van der Waals surface area contributed by atoms with E-state index < -0.39 is 0 Å². The van der Waals surface area contributed by atoms with E-state index in [4.69, 9.17) is 0 Å². The molecule has 18 heavy (non-hydrogen) atoms. The minimum atomic E-state index is -0.125. The molecule has 0 saturated carbocycles. The van der Waals surface area contributed by atoms with Gasteiger partial charge in [0.2, 0.25) is 0 Å². The van der Waals surface area contributed by atoms with Gasteiger partial charge in [-0.15, -0.1) is 0 Å². The average molecular weight is 245 g/mol. The maximum Gasteiger partial charge on any atom is 0.0775 e. The molecule has 0 bridgehead atoms. The van der Waals surface area contributed by atoms with Gasteiger partial charge in [-0.05, 0) is 26.0 Å². The van der Waals surface area contributed by atoms with Crippen LogP contribution >= 0.6 is 0 Å². The first-order valence-corrected chi connectivity index (χ1v) is 6.17. The van der Waals surface area contributed by atoms with Crippen molar-refractivity contribution >= 4 is 5.69 Å². The lowest BCUT2D eigenvalue weighted by atomic mass is 10.1. The Labute approximate surface area is 107 Å². The maximum absolute atomic E-state index is 9.49. The second-order valence-corrected chi connectivity index (χ2v) is 4.59. The van der Waals surface area contributed by atoms with Crippen LogP contribution in [0.15, 0.2) is 42.7 Å². The topological polar surface area (TPSA) is 50.1 Å². The fraction of sp³-hybridized carbons (Fsp3) is 0.357. The summed E-state index contributed by atoms with van der Waals surface area (Å²) >= 11 is 0. The number of aliphatic hydroxyl groups excluding tert-OH is 1. The van der Waals surface area contributed by atoms with Gasteiger partial charge in [-0.1, -0.05) is 18.2 Å². The fourth-order valence-corrected chi connectivity index (χ4v) is 1.79. The number of nitrogens with zero attached hydrogens (tertiary/aromatic N) is 2. The summed E-state index contributed by atoms with van der Waals surface area (Å²) in [7, 11) is 0. The van der Waals surface area contributed by atoms with Crippen LogP contribution in [-0.2, 0) is 0 Å². The molecule has 4 heteroatoms. The number of aliphatic hydroxyl groups is 1. The van der Waals surface area contributed by atoms with Crippen molar-refractivity contribution in [2.45, 2.75) is 25.9 Å². The highest BCUT2D eigenvalue weighted by molar-refractivity contribution is 5.44. The van der Waals surface area contributed by atoms with E-state index in [2.05, 4.69) is 24.3 Å². The fourth-order valence-electron chi connectivity index (χ4n) is 1.79. The molecule has 2 aromatic rings. The van der Waals surface area contributed by atoms with Gasteiger partial charge in [0, 0.05) is 23.5 Å². The number of hydrogen-bond donors (Lipinski definition) is 2. The predicted octanol–water partition coefficient (Wildman–Crippen LogP) is 2.61. The summed E-state index contributed by atoms with van der Waals surface area (Å²) in [6.45, 7) is 4.20. The summed E-state index contributed by atoms with van der Waals surface area (Å²) < 4.78 is 1.89. The molecule has 0 fully saturated rings. The first-order chi connectivity index (χ1) is 8.70. The maximum atomic E-state index is 9.49. The third kappa shape index (κ3) is 2.90. The van der Waals surface area contributed by atoms with Gasteiger partial charge in [0.25, 0.3) is 0 Å². The van der Waals surface area contributed by atoms with E-state index in [9.17, 15) is 5.11 Å². The molecule has 2 N–H and O–H groups in total. The lowest BCUT2D eigenvalue weighted by molar-refractivity contribution is 0.276. The number of para-hydroxylation sites is 1. The normalized spacial score (nSPS) is 12.7. The van der Waals surface area contributed by atoms with Crippen molar-refractivity contribution in [3.05, 3.63) is 48.3 Å². The van der Waals surface area contributed by atoms with Crippen molar-refractivity contribution in [1.29, 1.82) is 0 Å². The number of rotatable bonds is 5. The number of aromatic nitrogens is 2. The van der Waals surface area contributed by atoms with Crippen LogP contribution < -0.4 is 5.32 Å². The van der Waals surface area contributed by atoms with E-state index >= 15 is 0 Å². The Morgan fingerprint density at radius 1 is 1.28 bits per heavy atom. The molecular weight excluding hydrogens is 226 g/mol. The monoisotopic (exact) mass is 245 g/mol. The molecule has 1 aromatic heterocycles. The smallest absolute Gasteiger partial charge is 0.0775 e. The van der Waals surface area contributed by atoms with Crippen molar-refractivity contribution in [3.63, 3.8) is 0 Å². The highest BCUT2D eigenvalue weighted by atomic mass is 16.3. The Bertz CT molecular complexity index is 479. The molecular formula is C14H19N3O. The Morgan fingerprint density at radius 2 is 2.00 bits per heavy atom. The van der Waals surface area contributed by atoms with Crippen LogP contribution in [0, 0.1) is 0 Å². The number of hydrogen-bond acceptors (Lipinski definition) is 3. The van der Waals surface area contributed by atoms with E-state index in [1.807, 2.05) is 41.2 Å². The third-order valence-electron chi connectivity index (χ3n) is 2.85. The summed E-state index contributed by atoms with van der Waals surface area (Å²) in [6, 6.07) is 10.1. The van der Waals surface area contributed by atoms with E-state index in [1.165, 1.54) is 0 Å². The quantitative estimate of drug-likeness (QED) is 0.851. The van der Waals surface area contributed by atoms with Crippen molar-refractivity contribution in [1.82, 2.24) is 9.78 Å². The molecule has 1 atom stereocenters. The summed E-state index contributed by atoms with van der Waals surface area (Å²) in [4.78, 5) is 0. The lowest BCUT2D eigenvalue weighted by Crippen LogP contribution is -2.14. The SMILES string of the molecule is CC(C)n1cc(C(CO)Nc2ccccc2)cn1. The molecule has 1 heterocycles. The van der Waals surface area contributed by atoms with Gasteiger partial charge in [-0.3, -0.25) is 4.68 Å². The van der Waals surface area contributed by atoms with Crippen LogP contribution in [-0.4, -0.2) is 21.5 Å². The Kier molecular flexibility index (Phi) is 3.99. The minimum Gasteiger partial charge on any atom is -0.394 e. The first kappa shape index (κ1) is 12.6. The van der Waals surface area contributed by atoms with Crippen molar-refractivity contribution in [2.24, 2.45) is 0 Å². The molecule has 0 spiro atoms. The summed E-state index contributed by atoms with van der Waals surface area (Å²) in [5.74, 6) is 0. The van der Waals surface area contributed by atoms with E-state index in [0.29, 0.717) is 6.04 Å². The van der Waals surface area contributed by atoms with Crippen LogP contribution in [0.4, 0.5) is 5.69 Å². The molecule has 96 valence electrons. The summed E-state index contributed by atoms with van der Waals surface area (Å²) in [5, 5.41) is 17.1. The average Bonchev–Trinajstić information content (AvgIpc) is 2.87. The van der Waals surface area contributed by atoms with Gasteiger partial charge in [-0.25, -0.2) is 0 Å². The highest BCUT2D eigenvalue weighted by Crippen LogP contribution is 2.19. The molecule has 0 amide bonds. The predicted molar refractivity (Wildman–Crippen MR) is 72.5 cm³/mol. The van der Waals surface area contributed by atoms with Gasteiger partial charge in [-0.2, -0.15) is 5.10 Å². The minimum absolute atomic E-state index is 0.0404. The molecule has 0 aliphatic carbocycles. The molecule has 2 rings (SSSR count). The molecule has 0 aliphatic rings. The van der Waals surface area contributed by atoms with Gasteiger partial charge < -0.3 is 10.4 Å². The van der Waals surface area contributed by atoms with Crippen LogP contribution in [0.25, 0.3) is 0 Å². The third-order valence-corrected chi connectivity index (χ3v) is 2.85. The van der Waals surface area contributed by atoms with Crippen LogP contribution in [0.5, 0.6) is 0 Å². The summed E-state index contributed by atoms with van der Waals surface area (Å²) in [5.41, 5.74) is 1.99. The van der Waals surface area contributed by atoms with Gasteiger partial charge in [0.1, 0.15) is 0 Å². The second-order valence-electron chi connectivity index (χ2n) is 4.59. The zero-order valence-corrected chi connectivity index (χ0v) is 10.7. The zero-order valence-electron chi connectivity index (χ0n) is 10.7. The molecule has 0 radical (unpaired) electrons. The number of benzene rings is 1. The largest absolute Gasteiger partial charge is 0.394 e. The van der Waals surface area contributed by atoms with E-state index in [-0.39, 0.29) is 12.6 Å². The van der Waals surface area contributed by atoms with Crippen LogP contribution in [0.2, 0.25) is 0 Å². The Hall–Kier alpha value is -1.81. The van der Waals surface area contributed by atoms with Crippen LogP contribution in [0.3, 0.4) is 0 Å². The van der Waals surface area contributed by atoms with Crippen molar-refractivity contribution < 1.29 is 5.11 Å². The molecule has 0 aliphatic heterocycles. The van der Waals surface area contributed by atoms with Gasteiger partial charge in [0.15, 0.2) is 0 Å². The first-order valence-electron chi connectivity index (χ1n) is 6.17. The standard InChI is InChI=1S/C14H19N3O/c1-11(2)17-9-12(8-15-17)14(10-18)16-13-6-4-3-5-7-13/h3-9,11,14,16,18H,10H2,1-2H3. The van der Waals surface area contributed by atoms with Crippen LogP contribution in [0.1, 0.15) is 31.5 Å². The number of nitrogens with one attached hydrogen (secondary N) is 1. The van der Waals surface area contributed by atoms with Gasteiger partial charge in [0.05, 0.1) is 18.8 Å². The molecule has 1 aromatic carbocycles. The zero-order chi connectivity index (χ0) is 13.0. The van der Waals surface area contributed by atoms with E-state index in [0.717, 1.165) is 11.3 Å². The lowest BCUT2D eigenvalue weighted by Gasteiger charge is -2.16. The van der Waals surface area contributed by atoms with Gasteiger partial charge >= 0.3 is 0 Å². The van der Waals surface area contributed by atoms with Crippen molar-refractivity contribution in [2.75, 3.05) is 11.9 Å². The molecule has 0 saturated heterocycles. The molecule has 1 unspecified atom stereocenters. The van der Waals surface area contributed by atoms with Crippen molar-refractivity contribution in [3.8, 4) is 0 Å². The molecule has 4 nitrogen and oxygen atoms in total. The number of anilines is 1. The highest BCUT2D eigenvalue weighted by Gasteiger charge is 2.13.